The summed E-state index contributed by atoms with van der Waals surface area (Å²) in [5.41, 5.74) is 21.7. The van der Waals surface area contributed by atoms with E-state index in [2.05, 4.69) is 294 Å². The van der Waals surface area contributed by atoms with Crippen molar-refractivity contribution in [2.75, 3.05) is 9.80 Å². The lowest BCUT2D eigenvalue weighted by molar-refractivity contribution is 0.125. The van der Waals surface area contributed by atoms with Gasteiger partial charge in [0.05, 0.1) is 5.69 Å². The fourth-order valence-electron chi connectivity index (χ4n) is 12.6. The molecule has 0 radical (unpaired) electrons. The standard InChI is InChI=1S/C75H60N2O2/c1-73(2)66-47-64(55-27-25-51(26-28-55)54-33-39-58(40-34-54)76(56-35-29-52(30-36-56)49-17-9-7-10-18-49)57-37-31-53(32-38-57)50-19-11-8-12-20-50)68(48-67(66)74(3,4)75(73,5)6)77(59-42-44-71-65(45-59)62-22-14-16-24-70(62)78-71)60-41-43-63-61-21-13-15-23-69(61)79-72(63)46-60/h7-48H,1-6H3. The van der Waals surface area contributed by atoms with Gasteiger partial charge in [-0.3, -0.25) is 0 Å². The fraction of sp³-hybridized carbons (Fsp3) is 0.120. The van der Waals surface area contributed by atoms with E-state index in [-0.39, 0.29) is 16.2 Å². The summed E-state index contributed by atoms with van der Waals surface area (Å²) in [6.45, 7) is 14.6. The molecule has 0 amide bonds. The molecule has 0 atom stereocenters. The van der Waals surface area contributed by atoms with Crippen LogP contribution in [0.4, 0.5) is 34.1 Å². The Morgan fingerprint density at radius 2 is 0.633 bits per heavy atom. The molecule has 0 fully saturated rings. The lowest BCUT2D eigenvalue weighted by Crippen LogP contribution is -2.42. The van der Waals surface area contributed by atoms with Gasteiger partial charge in [0.25, 0.3) is 0 Å². The first kappa shape index (κ1) is 48.0. The Hall–Kier alpha value is -9.38. The number of fused-ring (bicyclic) bond motifs is 7. The van der Waals surface area contributed by atoms with Gasteiger partial charge < -0.3 is 18.6 Å². The summed E-state index contributed by atoms with van der Waals surface area (Å²) in [7, 11) is 0. The quantitative estimate of drug-likeness (QED) is 0.137. The Morgan fingerprint density at radius 3 is 1.16 bits per heavy atom. The smallest absolute Gasteiger partial charge is 0.137 e. The Kier molecular flexibility index (Phi) is 11.2. The van der Waals surface area contributed by atoms with Crippen molar-refractivity contribution in [2.24, 2.45) is 5.41 Å². The molecule has 79 heavy (non-hydrogen) atoms. The number of anilines is 6. The van der Waals surface area contributed by atoms with Gasteiger partial charge in [-0.2, -0.15) is 0 Å². The van der Waals surface area contributed by atoms with Crippen molar-refractivity contribution in [1.82, 2.24) is 0 Å². The molecule has 0 aliphatic heterocycles. The van der Waals surface area contributed by atoms with Crippen LogP contribution in [0.2, 0.25) is 0 Å². The monoisotopic (exact) mass is 1020 g/mol. The molecule has 0 bridgehead atoms. The predicted molar refractivity (Wildman–Crippen MR) is 332 cm³/mol. The number of rotatable bonds is 10. The van der Waals surface area contributed by atoms with E-state index in [1.807, 2.05) is 12.1 Å². The second-order valence-electron chi connectivity index (χ2n) is 23.0. The number of benzene rings is 11. The van der Waals surface area contributed by atoms with Crippen LogP contribution in [-0.2, 0) is 10.8 Å². The van der Waals surface area contributed by atoms with Crippen molar-refractivity contribution >= 4 is 78.0 Å². The summed E-state index contributed by atoms with van der Waals surface area (Å²) >= 11 is 0. The van der Waals surface area contributed by atoms with E-state index in [1.54, 1.807) is 0 Å². The van der Waals surface area contributed by atoms with Gasteiger partial charge in [0.2, 0.25) is 0 Å². The van der Waals surface area contributed by atoms with Crippen LogP contribution in [0.5, 0.6) is 0 Å². The van der Waals surface area contributed by atoms with Crippen molar-refractivity contribution in [1.29, 1.82) is 0 Å². The van der Waals surface area contributed by atoms with Crippen LogP contribution in [0.3, 0.4) is 0 Å². The highest BCUT2D eigenvalue weighted by Gasteiger charge is 2.57. The maximum Gasteiger partial charge on any atom is 0.137 e. The van der Waals surface area contributed by atoms with Crippen LogP contribution in [0, 0.1) is 5.41 Å². The molecule has 2 heterocycles. The largest absolute Gasteiger partial charge is 0.456 e. The van der Waals surface area contributed by atoms with Crippen LogP contribution in [0.1, 0.15) is 52.7 Å². The summed E-state index contributed by atoms with van der Waals surface area (Å²) in [5, 5.41) is 4.38. The highest BCUT2D eigenvalue weighted by Crippen LogP contribution is 2.63. The first-order valence-electron chi connectivity index (χ1n) is 27.6. The zero-order valence-electron chi connectivity index (χ0n) is 45.5. The normalized spacial score (nSPS) is 14.3. The highest BCUT2D eigenvalue weighted by molar-refractivity contribution is 6.09. The molecule has 0 spiro atoms. The minimum atomic E-state index is -0.138. The molecule has 0 saturated heterocycles. The zero-order valence-corrected chi connectivity index (χ0v) is 45.5. The highest BCUT2D eigenvalue weighted by atomic mass is 16.3. The Balaban J connectivity index is 0.884. The van der Waals surface area contributed by atoms with Crippen molar-refractivity contribution in [3.63, 3.8) is 0 Å². The van der Waals surface area contributed by atoms with Gasteiger partial charge in [0.1, 0.15) is 22.3 Å². The Labute approximate surface area is 462 Å². The number of furan rings is 2. The van der Waals surface area contributed by atoms with Crippen LogP contribution in [0.25, 0.3) is 88.4 Å². The first-order chi connectivity index (χ1) is 38.4. The van der Waals surface area contributed by atoms with E-state index < -0.39 is 0 Å². The summed E-state index contributed by atoms with van der Waals surface area (Å²) in [6, 6.07) is 92.2. The Morgan fingerprint density at radius 1 is 0.266 bits per heavy atom. The van der Waals surface area contributed by atoms with Crippen molar-refractivity contribution in [3.05, 3.63) is 266 Å². The van der Waals surface area contributed by atoms with Gasteiger partial charge >= 0.3 is 0 Å². The average molecular weight is 1020 g/mol. The fourth-order valence-corrected chi connectivity index (χ4v) is 12.6. The van der Waals surface area contributed by atoms with E-state index in [9.17, 15) is 0 Å². The van der Waals surface area contributed by atoms with E-state index in [0.717, 1.165) is 100 Å². The number of hydrogen-bond donors (Lipinski definition) is 0. The second-order valence-corrected chi connectivity index (χ2v) is 23.0. The van der Waals surface area contributed by atoms with Gasteiger partial charge in [-0.1, -0.05) is 199 Å². The molecule has 13 aromatic rings. The molecule has 4 heteroatoms. The molecule has 1 aliphatic carbocycles. The van der Waals surface area contributed by atoms with Crippen molar-refractivity contribution < 1.29 is 8.83 Å². The molecular formula is C75H60N2O2. The third-order valence-electron chi connectivity index (χ3n) is 18.2. The zero-order chi connectivity index (χ0) is 53.6. The van der Waals surface area contributed by atoms with E-state index in [0.29, 0.717) is 0 Å². The number of hydrogen-bond acceptors (Lipinski definition) is 4. The first-order valence-corrected chi connectivity index (χ1v) is 27.6. The molecule has 4 nitrogen and oxygen atoms in total. The molecule has 382 valence electrons. The maximum atomic E-state index is 6.62. The molecule has 14 rings (SSSR count). The summed E-state index contributed by atoms with van der Waals surface area (Å²) in [5.74, 6) is 0. The van der Waals surface area contributed by atoms with Gasteiger partial charge in [0.15, 0.2) is 0 Å². The van der Waals surface area contributed by atoms with Gasteiger partial charge in [-0.05, 0) is 157 Å². The van der Waals surface area contributed by atoms with Crippen LogP contribution in [0.15, 0.2) is 264 Å². The molecule has 2 aromatic heterocycles. The number of para-hydroxylation sites is 2. The molecule has 1 aliphatic rings. The minimum absolute atomic E-state index is 0.0479. The average Bonchev–Trinajstić information content (AvgIpc) is 4.28. The Bertz CT molecular complexity index is 4330. The van der Waals surface area contributed by atoms with E-state index in [1.165, 1.54) is 33.4 Å². The lowest BCUT2D eigenvalue weighted by Gasteiger charge is -2.44. The van der Waals surface area contributed by atoms with Gasteiger partial charge in [0, 0.05) is 61.6 Å². The predicted octanol–water partition coefficient (Wildman–Crippen LogP) is 21.7. The molecule has 0 N–H and O–H groups in total. The van der Waals surface area contributed by atoms with Crippen molar-refractivity contribution in [3.8, 4) is 44.5 Å². The summed E-state index contributed by atoms with van der Waals surface area (Å²) in [6.07, 6.45) is 0. The third-order valence-corrected chi connectivity index (χ3v) is 18.2. The SMILES string of the molecule is CC1(C)c2cc(-c3ccc(-c4ccc(N(c5ccc(-c6ccccc6)cc5)c5ccc(-c6ccccc6)cc5)cc4)cc3)c(N(c3ccc4c(c3)oc3ccccc34)c3ccc4oc5ccccc5c4c3)cc2C(C)(C)C1(C)C. The second kappa shape index (κ2) is 18.4. The van der Waals surface area contributed by atoms with Gasteiger partial charge in [-0.15, -0.1) is 0 Å². The maximum absolute atomic E-state index is 6.62. The molecule has 0 unspecified atom stereocenters. The molecule has 11 aromatic carbocycles. The van der Waals surface area contributed by atoms with Crippen LogP contribution < -0.4 is 9.80 Å². The summed E-state index contributed by atoms with van der Waals surface area (Å²) < 4.78 is 13.0. The minimum Gasteiger partial charge on any atom is -0.456 e. The van der Waals surface area contributed by atoms with E-state index >= 15 is 0 Å². The molecule has 0 saturated carbocycles. The van der Waals surface area contributed by atoms with Gasteiger partial charge in [-0.25, -0.2) is 0 Å². The van der Waals surface area contributed by atoms with Crippen LogP contribution in [-0.4, -0.2) is 0 Å². The summed E-state index contributed by atoms with van der Waals surface area (Å²) in [4.78, 5) is 4.79. The number of nitrogens with zero attached hydrogens (tertiary/aromatic N) is 2. The lowest BCUT2D eigenvalue weighted by atomic mass is 9.59. The molecular weight excluding hydrogens is 961 g/mol. The van der Waals surface area contributed by atoms with E-state index in [4.69, 9.17) is 8.83 Å². The van der Waals surface area contributed by atoms with Crippen LogP contribution >= 0.6 is 0 Å². The topological polar surface area (TPSA) is 32.8 Å². The van der Waals surface area contributed by atoms with Crippen molar-refractivity contribution in [2.45, 2.75) is 52.4 Å². The third kappa shape index (κ3) is 7.88.